The molecule has 1 aliphatic rings. The van der Waals surface area contributed by atoms with Crippen molar-refractivity contribution in [2.24, 2.45) is 0 Å². The molecule has 1 atom stereocenters. The van der Waals surface area contributed by atoms with Crippen molar-refractivity contribution in [2.45, 2.75) is 33.0 Å². The van der Waals surface area contributed by atoms with Gasteiger partial charge in [0.05, 0.1) is 18.4 Å². The summed E-state index contributed by atoms with van der Waals surface area (Å²) in [5.41, 5.74) is 3.14. The summed E-state index contributed by atoms with van der Waals surface area (Å²) in [7, 11) is 1.90. The van der Waals surface area contributed by atoms with Gasteiger partial charge in [0.15, 0.2) is 5.82 Å². The molecule has 0 amide bonds. The molecule has 0 fully saturated rings. The summed E-state index contributed by atoms with van der Waals surface area (Å²) < 4.78 is 15.4. The van der Waals surface area contributed by atoms with Crippen LogP contribution in [-0.4, -0.2) is 38.7 Å². The molecule has 1 aromatic heterocycles. The predicted octanol–water partition coefficient (Wildman–Crippen LogP) is 3.09. The van der Waals surface area contributed by atoms with Gasteiger partial charge >= 0.3 is 0 Å². The molecule has 0 saturated carbocycles. The molecule has 3 rings (SSSR count). The highest BCUT2D eigenvalue weighted by atomic mass is 19.1. The first-order valence-electron chi connectivity index (χ1n) is 8.39. The van der Waals surface area contributed by atoms with Gasteiger partial charge < -0.3 is 5.32 Å². The minimum atomic E-state index is -0.226. The molecule has 1 aromatic carbocycles. The maximum atomic E-state index is 13.6. The van der Waals surface area contributed by atoms with Gasteiger partial charge in [0.2, 0.25) is 0 Å². The van der Waals surface area contributed by atoms with E-state index in [9.17, 15) is 4.39 Å². The highest BCUT2D eigenvalue weighted by Gasteiger charge is 2.32. The van der Waals surface area contributed by atoms with Gasteiger partial charge in [0.1, 0.15) is 0 Å². The molecule has 25 heavy (non-hydrogen) atoms. The topological polar surface area (TPSA) is 58.9 Å². The van der Waals surface area contributed by atoms with Crippen LogP contribution in [-0.2, 0) is 13.1 Å². The van der Waals surface area contributed by atoms with Gasteiger partial charge in [0, 0.05) is 25.8 Å². The first-order valence-corrected chi connectivity index (χ1v) is 8.39. The zero-order chi connectivity index (χ0) is 17.8. The van der Waals surface area contributed by atoms with Crippen molar-refractivity contribution in [1.82, 2.24) is 25.1 Å². The summed E-state index contributed by atoms with van der Waals surface area (Å²) in [5, 5.41) is 15.2. The number of benzene rings is 1. The van der Waals surface area contributed by atoms with Crippen LogP contribution in [0.2, 0.25) is 0 Å². The second-order valence-corrected chi connectivity index (χ2v) is 6.10. The van der Waals surface area contributed by atoms with Crippen LogP contribution in [0.1, 0.15) is 31.3 Å². The lowest BCUT2D eigenvalue weighted by Gasteiger charge is -2.35. The Morgan fingerprint density at radius 1 is 1.32 bits per heavy atom. The second kappa shape index (κ2) is 7.57. The molecular formula is C18H23FN6. The van der Waals surface area contributed by atoms with Crippen molar-refractivity contribution in [2.75, 3.05) is 18.9 Å². The predicted molar refractivity (Wildman–Crippen MR) is 95.6 cm³/mol. The van der Waals surface area contributed by atoms with Gasteiger partial charge in [-0.3, -0.25) is 4.90 Å². The molecule has 0 aliphatic carbocycles. The zero-order valence-corrected chi connectivity index (χ0v) is 14.8. The molecule has 1 unspecified atom stereocenters. The third kappa shape index (κ3) is 3.76. The Labute approximate surface area is 147 Å². The number of tetrazole rings is 1. The van der Waals surface area contributed by atoms with E-state index in [0.29, 0.717) is 0 Å². The van der Waals surface area contributed by atoms with Gasteiger partial charge in [-0.2, -0.15) is 0 Å². The number of halogens is 1. The van der Waals surface area contributed by atoms with Gasteiger partial charge in [0.25, 0.3) is 0 Å². The molecule has 0 radical (unpaired) electrons. The van der Waals surface area contributed by atoms with Crippen molar-refractivity contribution in [3.05, 3.63) is 59.2 Å². The minimum Gasteiger partial charge on any atom is -0.388 e. The van der Waals surface area contributed by atoms with E-state index < -0.39 is 0 Å². The van der Waals surface area contributed by atoms with E-state index in [1.807, 2.05) is 20.0 Å². The van der Waals surface area contributed by atoms with Gasteiger partial charge in [-0.15, -0.1) is 5.10 Å². The number of aromatic nitrogens is 4. The van der Waals surface area contributed by atoms with Crippen molar-refractivity contribution in [3.8, 4) is 0 Å². The Bertz CT molecular complexity index is 773. The molecule has 2 heterocycles. The SMILES string of the molecule is C/C=C(\C=C(/C)F)C1c2nnnn2CCN1Cc1ccc(NC)cc1. The summed E-state index contributed by atoms with van der Waals surface area (Å²) in [6, 6.07) is 8.16. The lowest BCUT2D eigenvalue weighted by atomic mass is 10.0. The fourth-order valence-electron chi connectivity index (χ4n) is 3.17. The number of nitrogens with zero attached hydrogens (tertiary/aromatic N) is 5. The number of rotatable bonds is 5. The van der Waals surface area contributed by atoms with E-state index in [1.165, 1.54) is 12.5 Å². The lowest BCUT2D eigenvalue weighted by molar-refractivity contribution is 0.163. The van der Waals surface area contributed by atoms with Crippen LogP contribution in [0.5, 0.6) is 0 Å². The van der Waals surface area contributed by atoms with Crippen molar-refractivity contribution < 1.29 is 4.39 Å². The Kier molecular flexibility index (Phi) is 5.23. The van der Waals surface area contributed by atoms with E-state index >= 15 is 0 Å². The van der Waals surface area contributed by atoms with E-state index in [0.717, 1.165) is 36.7 Å². The van der Waals surface area contributed by atoms with Crippen LogP contribution in [0.3, 0.4) is 0 Å². The highest BCUT2D eigenvalue weighted by molar-refractivity contribution is 5.44. The molecule has 7 heteroatoms. The normalized spacial score (nSPS) is 19.0. The van der Waals surface area contributed by atoms with Crippen LogP contribution >= 0.6 is 0 Å². The van der Waals surface area contributed by atoms with Crippen LogP contribution < -0.4 is 5.32 Å². The number of anilines is 1. The molecule has 2 aromatic rings. The first-order chi connectivity index (χ1) is 12.1. The van der Waals surface area contributed by atoms with Crippen LogP contribution in [0.15, 0.2) is 47.8 Å². The molecule has 1 aliphatic heterocycles. The lowest BCUT2D eigenvalue weighted by Crippen LogP contribution is -2.39. The third-order valence-corrected chi connectivity index (χ3v) is 4.41. The van der Waals surface area contributed by atoms with E-state index in [2.05, 4.69) is 50.0 Å². The quantitative estimate of drug-likeness (QED) is 0.846. The summed E-state index contributed by atoms with van der Waals surface area (Å²) in [6.07, 6.45) is 3.49. The molecule has 1 N–H and O–H groups in total. The van der Waals surface area contributed by atoms with Crippen molar-refractivity contribution in [1.29, 1.82) is 0 Å². The standard InChI is InChI=1S/C18H23FN6/c1-4-15(11-13(2)19)17-18-21-22-23-25(18)10-9-24(17)12-14-5-7-16(20-3)8-6-14/h4-8,11,17,20H,9-10,12H2,1-3H3/b13-11+,15-4+. The number of hydrogen-bond acceptors (Lipinski definition) is 5. The fourth-order valence-corrected chi connectivity index (χ4v) is 3.17. The minimum absolute atomic E-state index is 0.163. The molecule has 0 saturated heterocycles. The molecule has 132 valence electrons. The average molecular weight is 342 g/mol. The number of hydrogen-bond donors (Lipinski definition) is 1. The van der Waals surface area contributed by atoms with Crippen LogP contribution in [0.25, 0.3) is 0 Å². The summed E-state index contributed by atoms with van der Waals surface area (Å²) in [4.78, 5) is 2.29. The Hall–Kier alpha value is -2.54. The smallest absolute Gasteiger partial charge is 0.173 e. The monoisotopic (exact) mass is 342 g/mol. The van der Waals surface area contributed by atoms with Crippen molar-refractivity contribution in [3.63, 3.8) is 0 Å². The Morgan fingerprint density at radius 2 is 2.08 bits per heavy atom. The first kappa shape index (κ1) is 17.3. The number of fused-ring (bicyclic) bond motifs is 1. The van der Waals surface area contributed by atoms with Crippen LogP contribution in [0.4, 0.5) is 10.1 Å². The largest absolute Gasteiger partial charge is 0.388 e. The van der Waals surface area contributed by atoms with Crippen molar-refractivity contribution >= 4 is 5.69 Å². The molecule has 0 bridgehead atoms. The summed E-state index contributed by atoms with van der Waals surface area (Å²) in [5.74, 6) is 0.528. The van der Waals surface area contributed by atoms with Gasteiger partial charge in [-0.1, -0.05) is 18.2 Å². The average Bonchev–Trinajstić information content (AvgIpc) is 3.09. The number of nitrogens with one attached hydrogen (secondary N) is 1. The summed E-state index contributed by atoms with van der Waals surface area (Å²) in [6.45, 7) is 5.64. The molecular weight excluding hydrogens is 319 g/mol. The summed E-state index contributed by atoms with van der Waals surface area (Å²) >= 11 is 0. The van der Waals surface area contributed by atoms with Gasteiger partial charge in [-0.05, 0) is 53.6 Å². The van der Waals surface area contributed by atoms with E-state index in [-0.39, 0.29) is 11.9 Å². The van der Waals surface area contributed by atoms with Crippen LogP contribution in [0, 0.1) is 0 Å². The maximum absolute atomic E-state index is 13.6. The number of allylic oxidation sites excluding steroid dienone is 2. The van der Waals surface area contributed by atoms with E-state index in [4.69, 9.17) is 0 Å². The second-order valence-electron chi connectivity index (χ2n) is 6.10. The Balaban J connectivity index is 1.92. The fraction of sp³-hybridized carbons (Fsp3) is 0.389. The third-order valence-electron chi connectivity index (χ3n) is 4.41. The molecule has 6 nitrogen and oxygen atoms in total. The highest BCUT2D eigenvalue weighted by Crippen LogP contribution is 2.32. The Morgan fingerprint density at radius 3 is 2.72 bits per heavy atom. The maximum Gasteiger partial charge on any atom is 0.173 e. The van der Waals surface area contributed by atoms with Gasteiger partial charge in [-0.25, -0.2) is 9.07 Å². The van der Waals surface area contributed by atoms with E-state index in [1.54, 1.807) is 10.8 Å². The molecule has 0 spiro atoms. The zero-order valence-electron chi connectivity index (χ0n) is 14.8.